The van der Waals surface area contributed by atoms with Gasteiger partial charge in [-0.15, -0.1) is 6.58 Å². The number of rotatable bonds is 11. The molecule has 0 saturated heterocycles. The predicted octanol–water partition coefficient (Wildman–Crippen LogP) is 4.82. The van der Waals surface area contributed by atoms with Crippen molar-refractivity contribution >= 4 is 23.5 Å². The molecule has 0 aliphatic rings. The van der Waals surface area contributed by atoms with Crippen molar-refractivity contribution in [3.63, 3.8) is 0 Å². The fourth-order valence-electron chi connectivity index (χ4n) is 2.79. The lowest BCUT2D eigenvalue weighted by molar-refractivity contribution is 0.240. The Morgan fingerprint density at radius 3 is 2.47 bits per heavy atom. The zero-order chi connectivity index (χ0) is 23.4. The Kier molecular flexibility index (Phi) is 10.0. The monoisotopic (exact) mass is 455 g/mol. The van der Waals surface area contributed by atoms with Gasteiger partial charge in [0.25, 0.3) is 0 Å². The van der Waals surface area contributed by atoms with Crippen molar-refractivity contribution in [3.8, 4) is 17.2 Å². The third-order valence-corrected chi connectivity index (χ3v) is 4.77. The van der Waals surface area contributed by atoms with Crippen molar-refractivity contribution in [3.05, 3.63) is 66.2 Å². The zero-order valence-corrected chi connectivity index (χ0v) is 20.1. The molecule has 0 heterocycles. The molecule has 2 aromatic carbocycles. The van der Waals surface area contributed by atoms with Gasteiger partial charge in [0.1, 0.15) is 5.75 Å². The van der Waals surface area contributed by atoms with Crippen LogP contribution < -0.4 is 25.0 Å². The summed E-state index contributed by atoms with van der Waals surface area (Å²) in [5.74, 6) is 2.12. The van der Waals surface area contributed by atoms with Crippen LogP contribution in [0, 0.1) is 0 Å². The summed E-state index contributed by atoms with van der Waals surface area (Å²) >= 11 is 5.13. The molecule has 32 heavy (non-hydrogen) atoms. The molecule has 0 spiro atoms. The number of hydrazone groups is 1. The van der Waals surface area contributed by atoms with Gasteiger partial charge in [0.2, 0.25) is 0 Å². The van der Waals surface area contributed by atoms with Crippen LogP contribution in [0.2, 0.25) is 0 Å². The van der Waals surface area contributed by atoms with Crippen molar-refractivity contribution in [2.75, 3.05) is 26.9 Å². The molecule has 172 valence electrons. The topological polar surface area (TPSA) is 64.1 Å². The molecule has 0 aliphatic carbocycles. The van der Waals surface area contributed by atoms with E-state index >= 15 is 0 Å². The van der Waals surface area contributed by atoms with Crippen molar-refractivity contribution in [1.82, 2.24) is 10.7 Å². The lowest BCUT2D eigenvalue weighted by atomic mass is 9.87. The summed E-state index contributed by atoms with van der Waals surface area (Å²) in [6, 6.07) is 13.9. The first-order chi connectivity index (χ1) is 15.3. The number of hydrogen-bond donors (Lipinski definition) is 2. The van der Waals surface area contributed by atoms with E-state index in [-0.39, 0.29) is 5.41 Å². The van der Waals surface area contributed by atoms with E-state index < -0.39 is 0 Å². The lowest BCUT2D eigenvalue weighted by Gasteiger charge is -2.19. The second-order valence-corrected chi connectivity index (χ2v) is 8.48. The fourth-order valence-corrected chi connectivity index (χ4v) is 2.92. The Morgan fingerprint density at radius 1 is 1.09 bits per heavy atom. The molecule has 0 aromatic heterocycles. The average Bonchev–Trinajstić information content (AvgIpc) is 2.77. The molecular weight excluding hydrogens is 422 g/mol. The summed E-state index contributed by atoms with van der Waals surface area (Å²) in [6.45, 7) is 11.8. The normalized spacial score (nSPS) is 11.1. The van der Waals surface area contributed by atoms with E-state index in [1.165, 1.54) is 5.56 Å². The molecule has 0 bridgehead atoms. The van der Waals surface area contributed by atoms with Crippen LogP contribution in [0.15, 0.2) is 60.2 Å². The Balaban J connectivity index is 1.87. The van der Waals surface area contributed by atoms with Crippen LogP contribution in [0.25, 0.3) is 0 Å². The Bertz CT molecular complexity index is 906. The number of para-hydroxylation sites is 1. The average molecular weight is 456 g/mol. The summed E-state index contributed by atoms with van der Waals surface area (Å²) in [7, 11) is 1.61. The lowest BCUT2D eigenvalue weighted by Crippen LogP contribution is -2.31. The first kappa shape index (κ1) is 25.2. The molecule has 0 radical (unpaired) electrons. The first-order valence-electron chi connectivity index (χ1n) is 10.6. The molecule has 2 aromatic rings. The third kappa shape index (κ3) is 8.23. The van der Waals surface area contributed by atoms with Crippen LogP contribution >= 0.6 is 12.2 Å². The van der Waals surface area contributed by atoms with Gasteiger partial charge in [-0.25, -0.2) is 0 Å². The summed E-state index contributed by atoms with van der Waals surface area (Å²) in [5.41, 5.74) is 4.96. The number of methoxy groups -OCH3 is 1. The molecule has 0 aliphatic heterocycles. The maximum absolute atomic E-state index is 6.00. The Labute approximate surface area is 196 Å². The highest BCUT2D eigenvalue weighted by Crippen LogP contribution is 2.30. The molecule has 0 amide bonds. The molecular formula is C25H33N3O3S. The number of nitrogens with one attached hydrogen (secondary N) is 2. The number of hydrogen-bond acceptors (Lipinski definition) is 5. The predicted molar refractivity (Wildman–Crippen MR) is 135 cm³/mol. The van der Waals surface area contributed by atoms with E-state index in [9.17, 15) is 0 Å². The van der Waals surface area contributed by atoms with Gasteiger partial charge in [0.05, 0.1) is 26.5 Å². The van der Waals surface area contributed by atoms with Gasteiger partial charge in [-0.05, 0) is 47.5 Å². The number of benzene rings is 2. The standard InChI is InChI=1S/C25H33N3O3S/c1-6-15-26-24(32)28-27-18-19-9-7-10-22(29-5)23(19)31-17-8-16-30-21-13-11-20(12-14-21)25(2,3)4/h6-7,9-14,18H,1,8,15-17H2,2-5H3,(H2,26,28,32)/b27-18-. The molecule has 7 heteroatoms. The van der Waals surface area contributed by atoms with E-state index in [0.717, 1.165) is 17.7 Å². The fraction of sp³-hybridized carbons (Fsp3) is 0.360. The molecule has 0 fully saturated rings. The minimum absolute atomic E-state index is 0.130. The molecule has 2 N–H and O–H groups in total. The minimum atomic E-state index is 0.130. The van der Waals surface area contributed by atoms with E-state index in [0.29, 0.717) is 36.4 Å². The Hall–Kier alpha value is -3.06. The van der Waals surface area contributed by atoms with Crippen LogP contribution in [0.5, 0.6) is 17.2 Å². The molecule has 2 rings (SSSR count). The van der Waals surface area contributed by atoms with Crippen LogP contribution in [0.1, 0.15) is 38.3 Å². The summed E-state index contributed by atoms with van der Waals surface area (Å²) in [5, 5.41) is 7.53. The summed E-state index contributed by atoms with van der Waals surface area (Å²) in [4.78, 5) is 0. The van der Waals surface area contributed by atoms with Crippen LogP contribution in [0.3, 0.4) is 0 Å². The van der Waals surface area contributed by atoms with Gasteiger partial charge >= 0.3 is 0 Å². The first-order valence-corrected chi connectivity index (χ1v) is 11.0. The molecule has 0 atom stereocenters. The molecule has 0 saturated carbocycles. The summed E-state index contributed by atoms with van der Waals surface area (Å²) < 4.78 is 17.3. The van der Waals surface area contributed by atoms with E-state index in [2.05, 4.69) is 55.3 Å². The van der Waals surface area contributed by atoms with Crippen LogP contribution in [-0.2, 0) is 5.41 Å². The second-order valence-electron chi connectivity index (χ2n) is 8.07. The van der Waals surface area contributed by atoms with Crippen LogP contribution in [-0.4, -0.2) is 38.2 Å². The maximum Gasteiger partial charge on any atom is 0.187 e. The van der Waals surface area contributed by atoms with E-state index in [4.69, 9.17) is 26.4 Å². The highest BCUT2D eigenvalue weighted by Gasteiger charge is 2.13. The maximum atomic E-state index is 6.00. The zero-order valence-electron chi connectivity index (χ0n) is 19.3. The highest BCUT2D eigenvalue weighted by molar-refractivity contribution is 7.80. The van der Waals surface area contributed by atoms with Crippen LogP contribution in [0.4, 0.5) is 0 Å². The Morgan fingerprint density at radius 2 is 1.81 bits per heavy atom. The van der Waals surface area contributed by atoms with Gasteiger partial charge < -0.3 is 19.5 Å². The molecule has 6 nitrogen and oxygen atoms in total. The van der Waals surface area contributed by atoms with Crippen molar-refractivity contribution in [1.29, 1.82) is 0 Å². The van der Waals surface area contributed by atoms with Gasteiger partial charge in [0.15, 0.2) is 16.6 Å². The number of ether oxygens (including phenoxy) is 3. The van der Waals surface area contributed by atoms with Gasteiger partial charge in [-0.3, -0.25) is 5.43 Å². The van der Waals surface area contributed by atoms with Crippen molar-refractivity contribution in [2.45, 2.75) is 32.6 Å². The molecule has 0 unspecified atom stereocenters. The SMILES string of the molecule is C=CCNC(=S)N/N=C\c1cccc(OC)c1OCCCOc1ccc(C(C)(C)C)cc1. The highest BCUT2D eigenvalue weighted by atomic mass is 32.1. The van der Waals surface area contributed by atoms with E-state index in [1.54, 1.807) is 19.4 Å². The van der Waals surface area contributed by atoms with Gasteiger partial charge in [-0.2, -0.15) is 5.10 Å². The van der Waals surface area contributed by atoms with Crippen molar-refractivity contribution in [2.24, 2.45) is 5.10 Å². The van der Waals surface area contributed by atoms with Gasteiger partial charge in [-0.1, -0.05) is 45.0 Å². The quantitative estimate of drug-likeness (QED) is 0.166. The van der Waals surface area contributed by atoms with E-state index in [1.807, 2.05) is 30.3 Å². The third-order valence-electron chi connectivity index (χ3n) is 4.53. The largest absolute Gasteiger partial charge is 0.493 e. The number of thiocarbonyl (C=S) groups is 1. The van der Waals surface area contributed by atoms with Gasteiger partial charge in [0, 0.05) is 18.5 Å². The number of nitrogens with zero attached hydrogens (tertiary/aromatic N) is 1. The smallest absolute Gasteiger partial charge is 0.187 e. The summed E-state index contributed by atoms with van der Waals surface area (Å²) in [6.07, 6.45) is 4.09. The minimum Gasteiger partial charge on any atom is -0.493 e. The van der Waals surface area contributed by atoms with Crippen molar-refractivity contribution < 1.29 is 14.2 Å². The second kappa shape index (κ2) is 12.7.